The van der Waals surface area contributed by atoms with E-state index >= 15 is 0 Å². The molecular formula is C15H14BrN3OS. The molecule has 2 aromatic heterocycles. The summed E-state index contributed by atoms with van der Waals surface area (Å²) in [6.45, 7) is 2.48. The summed E-state index contributed by atoms with van der Waals surface area (Å²) in [6.07, 6.45) is 0. The molecular weight excluding hydrogens is 350 g/mol. The summed E-state index contributed by atoms with van der Waals surface area (Å²) in [6, 6.07) is 7.78. The molecule has 0 atom stereocenters. The molecule has 0 saturated heterocycles. The molecule has 0 unspecified atom stereocenters. The van der Waals surface area contributed by atoms with Crippen molar-refractivity contribution in [2.24, 2.45) is 0 Å². The Morgan fingerprint density at radius 2 is 2.24 bits per heavy atom. The van der Waals surface area contributed by atoms with Gasteiger partial charge >= 0.3 is 0 Å². The largest absolute Gasteiger partial charge is 0.351 e. The van der Waals surface area contributed by atoms with Gasteiger partial charge in [-0.05, 0) is 31.2 Å². The van der Waals surface area contributed by atoms with E-state index in [0.29, 0.717) is 12.2 Å². The molecule has 1 N–H and O–H groups in total. The first-order valence-corrected chi connectivity index (χ1v) is 8.15. The van der Waals surface area contributed by atoms with Crippen molar-refractivity contribution in [3.8, 4) is 0 Å². The summed E-state index contributed by atoms with van der Waals surface area (Å²) in [5, 5.41) is 4.02. The molecule has 108 valence electrons. The number of hydrogen-bond donors (Lipinski definition) is 1. The molecule has 21 heavy (non-hydrogen) atoms. The standard InChI is InChI=1S/C15H14BrN3OS/c1-9-17-12(8-21-9)7-19(2)15(20)14-6-10-5-11(16)3-4-13(10)18-14/h3-6,8,18H,7H2,1-2H3. The number of aromatic amines is 1. The van der Waals surface area contributed by atoms with Gasteiger partial charge in [0.2, 0.25) is 0 Å². The van der Waals surface area contributed by atoms with Gasteiger partial charge in [0, 0.05) is 27.8 Å². The third-order valence-corrected chi connectivity index (χ3v) is 4.54. The van der Waals surface area contributed by atoms with E-state index in [1.807, 2.05) is 36.6 Å². The summed E-state index contributed by atoms with van der Waals surface area (Å²) in [5.41, 5.74) is 2.48. The summed E-state index contributed by atoms with van der Waals surface area (Å²) in [7, 11) is 1.79. The second-order valence-electron chi connectivity index (χ2n) is 4.93. The average Bonchev–Trinajstić information content (AvgIpc) is 3.03. The fourth-order valence-electron chi connectivity index (χ4n) is 2.22. The van der Waals surface area contributed by atoms with Crippen molar-refractivity contribution in [2.45, 2.75) is 13.5 Å². The Morgan fingerprint density at radius 3 is 2.95 bits per heavy atom. The van der Waals surface area contributed by atoms with E-state index in [2.05, 4.69) is 25.9 Å². The number of benzene rings is 1. The van der Waals surface area contributed by atoms with Crippen molar-refractivity contribution < 1.29 is 4.79 Å². The Bertz CT molecular complexity index is 808. The highest BCUT2D eigenvalue weighted by molar-refractivity contribution is 9.10. The van der Waals surface area contributed by atoms with E-state index in [9.17, 15) is 4.79 Å². The number of aromatic nitrogens is 2. The maximum Gasteiger partial charge on any atom is 0.270 e. The van der Waals surface area contributed by atoms with E-state index in [-0.39, 0.29) is 5.91 Å². The highest BCUT2D eigenvalue weighted by atomic mass is 79.9. The Labute approximate surface area is 134 Å². The van der Waals surface area contributed by atoms with E-state index in [0.717, 1.165) is 26.1 Å². The van der Waals surface area contributed by atoms with Crippen molar-refractivity contribution >= 4 is 44.1 Å². The molecule has 0 radical (unpaired) electrons. The van der Waals surface area contributed by atoms with Crippen molar-refractivity contribution in [2.75, 3.05) is 7.05 Å². The molecule has 0 fully saturated rings. The quantitative estimate of drug-likeness (QED) is 0.765. The zero-order valence-corrected chi connectivity index (χ0v) is 14.1. The molecule has 6 heteroatoms. The number of fused-ring (bicyclic) bond motifs is 1. The van der Waals surface area contributed by atoms with Crippen molar-refractivity contribution in [3.05, 3.63) is 50.5 Å². The molecule has 3 aromatic rings. The monoisotopic (exact) mass is 363 g/mol. The molecule has 2 heterocycles. The smallest absolute Gasteiger partial charge is 0.270 e. The number of halogens is 1. The first kappa shape index (κ1) is 14.3. The predicted molar refractivity (Wildman–Crippen MR) is 88.6 cm³/mol. The molecule has 1 amide bonds. The van der Waals surface area contributed by atoms with Gasteiger partial charge in [-0.15, -0.1) is 11.3 Å². The fourth-order valence-corrected chi connectivity index (χ4v) is 3.20. The summed E-state index contributed by atoms with van der Waals surface area (Å²) in [5.74, 6) is -0.0343. The number of rotatable bonds is 3. The molecule has 3 rings (SSSR count). The van der Waals surface area contributed by atoms with Crippen molar-refractivity contribution in [3.63, 3.8) is 0 Å². The highest BCUT2D eigenvalue weighted by Gasteiger charge is 2.15. The number of H-pyrrole nitrogens is 1. The van der Waals surface area contributed by atoms with Crippen LogP contribution in [-0.2, 0) is 6.54 Å². The van der Waals surface area contributed by atoms with Crippen LogP contribution >= 0.6 is 27.3 Å². The normalized spacial score (nSPS) is 11.0. The minimum Gasteiger partial charge on any atom is -0.351 e. The SMILES string of the molecule is Cc1nc(CN(C)C(=O)c2cc3cc(Br)ccc3[nH]2)cs1. The topological polar surface area (TPSA) is 49.0 Å². The third kappa shape index (κ3) is 3.01. The van der Waals surface area contributed by atoms with Crippen LogP contribution in [0.4, 0.5) is 0 Å². The van der Waals surface area contributed by atoms with Gasteiger partial charge in [-0.25, -0.2) is 4.98 Å². The lowest BCUT2D eigenvalue weighted by Gasteiger charge is -2.14. The van der Waals surface area contributed by atoms with Crippen LogP contribution in [0.25, 0.3) is 10.9 Å². The average molecular weight is 364 g/mol. The Hall–Kier alpha value is -1.66. The first-order valence-electron chi connectivity index (χ1n) is 6.47. The number of hydrogen-bond acceptors (Lipinski definition) is 3. The Morgan fingerprint density at radius 1 is 1.43 bits per heavy atom. The maximum atomic E-state index is 12.5. The number of thiazole rings is 1. The highest BCUT2D eigenvalue weighted by Crippen LogP contribution is 2.21. The van der Waals surface area contributed by atoms with Gasteiger partial charge in [0.15, 0.2) is 0 Å². The molecule has 0 aliphatic heterocycles. The van der Waals surface area contributed by atoms with E-state index in [1.165, 1.54) is 0 Å². The summed E-state index contributed by atoms with van der Waals surface area (Å²) < 4.78 is 0.999. The minimum atomic E-state index is -0.0343. The minimum absolute atomic E-state index is 0.0343. The second kappa shape index (κ2) is 5.61. The van der Waals surface area contributed by atoms with Crippen LogP contribution in [0.3, 0.4) is 0 Å². The van der Waals surface area contributed by atoms with Gasteiger partial charge in [0.25, 0.3) is 5.91 Å². The zero-order chi connectivity index (χ0) is 15.0. The van der Waals surface area contributed by atoms with Crippen LogP contribution in [0.15, 0.2) is 34.1 Å². The summed E-state index contributed by atoms with van der Waals surface area (Å²) in [4.78, 5) is 21.7. The van der Waals surface area contributed by atoms with E-state index < -0.39 is 0 Å². The van der Waals surface area contributed by atoms with Gasteiger partial charge in [-0.3, -0.25) is 4.79 Å². The number of aryl methyl sites for hydroxylation is 1. The molecule has 4 nitrogen and oxygen atoms in total. The second-order valence-corrected chi connectivity index (χ2v) is 6.91. The molecule has 1 aromatic carbocycles. The number of nitrogens with one attached hydrogen (secondary N) is 1. The predicted octanol–water partition coefficient (Wildman–Crippen LogP) is 3.97. The lowest BCUT2D eigenvalue weighted by atomic mass is 10.2. The van der Waals surface area contributed by atoms with Crippen LogP contribution in [0.1, 0.15) is 21.2 Å². The zero-order valence-electron chi connectivity index (χ0n) is 11.7. The van der Waals surface area contributed by atoms with E-state index in [4.69, 9.17) is 0 Å². The van der Waals surface area contributed by atoms with Gasteiger partial charge in [-0.2, -0.15) is 0 Å². The molecule has 0 aliphatic rings. The van der Waals surface area contributed by atoms with Crippen LogP contribution in [-0.4, -0.2) is 27.8 Å². The first-order chi connectivity index (χ1) is 10.0. The van der Waals surface area contributed by atoms with Crippen LogP contribution in [0, 0.1) is 6.92 Å². The van der Waals surface area contributed by atoms with Crippen molar-refractivity contribution in [1.82, 2.24) is 14.9 Å². The van der Waals surface area contributed by atoms with Crippen LogP contribution in [0.2, 0.25) is 0 Å². The Balaban J connectivity index is 1.82. The molecule has 0 aliphatic carbocycles. The fraction of sp³-hybridized carbons (Fsp3) is 0.200. The van der Waals surface area contributed by atoms with Gasteiger partial charge in [0.05, 0.1) is 17.2 Å². The van der Waals surface area contributed by atoms with Crippen LogP contribution < -0.4 is 0 Å². The number of carbonyl (C=O) groups excluding carboxylic acids is 1. The number of amides is 1. The number of carbonyl (C=O) groups is 1. The molecule has 0 saturated carbocycles. The van der Waals surface area contributed by atoms with Crippen molar-refractivity contribution in [1.29, 1.82) is 0 Å². The maximum absolute atomic E-state index is 12.5. The third-order valence-electron chi connectivity index (χ3n) is 3.23. The van der Waals surface area contributed by atoms with Crippen LogP contribution in [0.5, 0.6) is 0 Å². The van der Waals surface area contributed by atoms with Gasteiger partial charge in [0.1, 0.15) is 5.69 Å². The van der Waals surface area contributed by atoms with Gasteiger partial charge in [-0.1, -0.05) is 15.9 Å². The molecule has 0 spiro atoms. The summed E-state index contributed by atoms with van der Waals surface area (Å²) >= 11 is 5.04. The van der Waals surface area contributed by atoms with Gasteiger partial charge < -0.3 is 9.88 Å². The lowest BCUT2D eigenvalue weighted by molar-refractivity contribution is 0.0778. The molecule has 0 bridgehead atoms. The lowest BCUT2D eigenvalue weighted by Crippen LogP contribution is -2.26. The number of nitrogens with zero attached hydrogens (tertiary/aromatic N) is 2. The Kier molecular flexibility index (Phi) is 3.82. The van der Waals surface area contributed by atoms with E-state index in [1.54, 1.807) is 23.3 Å².